The third-order valence-corrected chi connectivity index (χ3v) is 2.71. The lowest BCUT2D eigenvalue weighted by Gasteiger charge is -2.15. The zero-order valence-corrected chi connectivity index (χ0v) is 11.4. The van der Waals surface area contributed by atoms with Gasteiger partial charge in [-0.15, -0.1) is 15.3 Å². The Morgan fingerprint density at radius 3 is 2.67 bits per heavy atom. The molecule has 0 aliphatic heterocycles. The molecule has 21 heavy (non-hydrogen) atoms. The first-order valence-corrected chi connectivity index (χ1v) is 6.01. The first kappa shape index (κ1) is 15.4. The number of fused-ring (bicyclic) bond motifs is 1. The van der Waals surface area contributed by atoms with E-state index in [1.165, 1.54) is 26.4 Å². The minimum absolute atomic E-state index is 0.0214. The largest absolute Gasteiger partial charge is 0.453 e. The molecular formula is C11H14F3N5O2. The van der Waals surface area contributed by atoms with E-state index in [0.29, 0.717) is 17.7 Å². The van der Waals surface area contributed by atoms with E-state index in [4.69, 9.17) is 9.47 Å². The van der Waals surface area contributed by atoms with Gasteiger partial charge in [-0.1, -0.05) is 0 Å². The highest BCUT2D eigenvalue weighted by Gasteiger charge is 2.37. The summed E-state index contributed by atoms with van der Waals surface area (Å²) in [6.07, 6.45) is -4.86. The molecule has 0 aromatic carbocycles. The molecule has 7 nitrogen and oxygen atoms in total. The predicted octanol–water partition coefficient (Wildman–Crippen LogP) is 1.22. The van der Waals surface area contributed by atoms with Crippen molar-refractivity contribution in [1.29, 1.82) is 0 Å². The Morgan fingerprint density at radius 2 is 2.05 bits per heavy atom. The van der Waals surface area contributed by atoms with Crippen LogP contribution in [-0.4, -0.2) is 53.3 Å². The highest BCUT2D eigenvalue weighted by Crippen LogP contribution is 2.27. The molecule has 1 unspecified atom stereocenters. The molecule has 1 atom stereocenters. The number of methoxy groups -OCH3 is 2. The quantitative estimate of drug-likeness (QED) is 0.865. The molecule has 10 heteroatoms. The second-order valence-corrected chi connectivity index (χ2v) is 4.20. The lowest BCUT2D eigenvalue weighted by Crippen LogP contribution is -2.27. The number of aromatic nitrogens is 4. The molecule has 2 aromatic rings. The zero-order valence-electron chi connectivity index (χ0n) is 11.4. The summed E-state index contributed by atoms with van der Waals surface area (Å²) in [5, 5.41) is 13.2. The number of hydrogen-bond donors (Lipinski definition) is 1. The van der Waals surface area contributed by atoms with Crippen LogP contribution in [0.25, 0.3) is 5.65 Å². The van der Waals surface area contributed by atoms with Gasteiger partial charge in [-0.2, -0.15) is 17.7 Å². The average Bonchev–Trinajstić information content (AvgIpc) is 2.86. The third-order valence-electron chi connectivity index (χ3n) is 2.71. The SMILES string of the molecule is COCC(CNc1ccc2nnc(C(F)(F)F)n2n1)OC. The average molecular weight is 305 g/mol. The van der Waals surface area contributed by atoms with Crippen LogP contribution in [-0.2, 0) is 15.7 Å². The molecule has 0 radical (unpaired) electrons. The van der Waals surface area contributed by atoms with Crippen molar-refractivity contribution < 1.29 is 22.6 Å². The topological polar surface area (TPSA) is 73.6 Å². The molecule has 1 N–H and O–H groups in total. The van der Waals surface area contributed by atoms with Gasteiger partial charge in [0.1, 0.15) is 5.82 Å². The Kier molecular flexibility index (Phi) is 4.58. The molecule has 0 aliphatic carbocycles. The second kappa shape index (κ2) is 6.22. The van der Waals surface area contributed by atoms with Crippen LogP contribution < -0.4 is 5.32 Å². The molecule has 0 spiro atoms. The maximum Gasteiger partial charge on any atom is 0.453 e. The number of halogens is 3. The van der Waals surface area contributed by atoms with Crippen molar-refractivity contribution >= 4 is 11.5 Å². The summed E-state index contributed by atoms with van der Waals surface area (Å²) in [6.45, 7) is 0.693. The van der Waals surface area contributed by atoms with Gasteiger partial charge in [0, 0.05) is 20.8 Å². The maximum atomic E-state index is 12.7. The summed E-state index contributed by atoms with van der Waals surface area (Å²) in [5.74, 6) is -0.910. The van der Waals surface area contributed by atoms with Gasteiger partial charge in [-0.3, -0.25) is 0 Å². The number of rotatable bonds is 6. The molecule has 0 saturated carbocycles. The minimum atomic E-state index is -4.61. The van der Waals surface area contributed by atoms with Crippen LogP contribution >= 0.6 is 0 Å². The standard InChI is InChI=1S/C11H14F3N5O2/c1-20-6-7(21-2)5-15-8-3-4-9-16-17-10(11(12,13)14)19(9)18-8/h3-4,7H,5-6H2,1-2H3,(H,15,18). The van der Waals surface area contributed by atoms with E-state index in [1.54, 1.807) is 0 Å². The Balaban J connectivity index is 2.18. The van der Waals surface area contributed by atoms with Gasteiger partial charge in [0.15, 0.2) is 5.65 Å². The smallest absolute Gasteiger partial charge is 0.382 e. The van der Waals surface area contributed by atoms with Gasteiger partial charge < -0.3 is 14.8 Å². The Labute approximate surface area is 118 Å². The highest BCUT2D eigenvalue weighted by molar-refractivity contribution is 5.44. The number of nitrogens with one attached hydrogen (secondary N) is 1. The van der Waals surface area contributed by atoms with E-state index in [2.05, 4.69) is 20.6 Å². The fraction of sp³-hybridized carbons (Fsp3) is 0.545. The van der Waals surface area contributed by atoms with Gasteiger partial charge >= 0.3 is 6.18 Å². The van der Waals surface area contributed by atoms with Crippen molar-refractivity contribution in [1.82, 2.24) is 19.8 Å². The number of nitrogens with zero attached hydrogens (tertiary/aromatic N) is 4. The molecule has 2 heterocycles. The molecule has 0 fully saturated rings. The predicted molar refractivity (Wildman–Crippen MR) is 66.9 cm³/mol. The van der Waals surface area contributed by atoms with Crippen LogP contribution in [0.4, 0.5) is 19.0 Å². The Morgan fingerprint density at radius 1 is 1.29 bits per heavy atom. The van der Waals surface area contributed by atoms with Crippen LogP contribution in [0.5, 0.6) is 0 Å². The first-order chi connectivity index (χ1) is 9.95. The van der Waals surface area contributed by atoms with Crippen molar-refractivity contribution in [2.24, 2.45) is 0 Å². The van der Waals surface area contributed by atoms with E-state index < -0.39 is 12.0 Å². The first-order valence-electron chi connectivity index (χ1n) is 6.01. The molecule has 2 rings (SSSR count). The Bertz CT molecular complexity index is 601. The van der Waals surface area contributed by atoms with Gasteiger partial charge in [-0.25, -0.2) is 0 Å². The molecule has 0 amide bonds. The third kappa shape index (κ3) is 3.58. The molecule has 0 aliphatic rings. The van der Waals surface area contributed by atoms with E-state index in [9.17, 15) is 13.2 Å². The zero-order chi connectivity index (χ0) is 15.5. The van der Waals surface area contributed by atoms with E-state index in [0.717, 1.165) is 0 Å². The summed E-state index contributed by atoms with van der Waals surface area (Å²) < 4.78 is 48.9. The van der Waals surface area contributed by atoms with Crippen LogP contribution in [0.3, 0.4) is 0 Å². The van der Waals surface area contributed by atoms with Crippen molar-refractivity contribution in [2.75, 3.05) is 32.7 Å². The van der Waals surface area contributed by atoms with Gasteiger partial charge in [0.25, 0.3) is 5.82 Å². The number of ether oxygens (including phenoxy) is 2. The molecule has 0 saturated heterocycles. The monoisotopic (exact) mass is 305 g/mol. The van der Waals surface area contributed by atoms with E-state index in [1.807, 2.05) is 0 Å². The summed E-state index contributed by atoms with van der Waals surface area (Å²) in [6, 6.07) is 2.92. The van der Waals surface area contributed by atoms with Crippen LogP contribution in [0.2, 0.25) is 0 Å². The van der Waals surface area contributed by atoms with Gasteiger partial charge in [-0.05, 0) is 12.1 Å². The summed E-state index contributed by atoms with van der Waals surface area (Å²) in [5.41, 5.74) is 0.0214. The second-order valence-electron chi connectivity index (χ2n) is 4.20. The molecule has 116 valence electrons. The van der Waals surface area contributed by atoms with Crippen molar-refractivity contribution in [3.05, 3.63) is 18.0 Å². The fourth-order valence-corrected chi connectivity index (χ4v) is 1.67. The van der Waals surface area contributed by atoms with Crippen LogP contribution in [0.1, 0.15) is 5.82 Å². The normalized spacial score (nSPS) is 13.6. The number of hydrogen-bond acceptors (Lipinski definition) is 6. The summed E-state index contributed by atoms with van der Waals surface area (Å²) in [7, 11) is 3.05. The molecular weight excluding hydrogens is 291 g/mol. The van der Waals surface area contributed by atoms with Gasteiger partial charge in [0.2, 0.25) is 0 Å². The lowest BCUT2D eigenvalue weighted by molar-refractivity contribution is -0.146. The highest BCUT2D eigenvalue weighted by atomic mass is 19.4. The van der Waals surface area contributed by atoms with Crippen LogP contribution in [0.15, 0.2) is 12.1 Å². The summed E-state index contributed by atoms with van der Waals surface area (Å²) in [4.78, 5) is 0. The lowest BCUT2D eigenvalue weighted by atomic mass is 10.3. The van der Waals surface area contributed by atoms with Crippen molar-refractivity contribution in [3.63, 3.8) is 0 Å². The minimum Gasteiger partial charge on any atom is -0.382 e. The van der Waals surface area contributed by atoms with E-state index >= 15 is 0 Å². The summed E-state index contributed by atoms with van der Waals surface area (Å²) >= 11 is 0. The number of alkyl halides is 3. The van der Waals surface area contributed by atoms with Crippen molar-refractivity contribution in [2.45, 2.75) is 12.3 Å². The van der Waals surface area contributed by atoms with E-state index in [-0.39, 0.29) is 17.6 Å². The van der Waals surface area contributed by atoms with Crippen LogP contribution in [0, 0.1) is 0 Å². The number of anilines is 1. The van der Waals surface area contributed by atoms with Gasteiger partial charge in [0.05, 0.1) is 12.7 Å². The molecule has 2 aromatic heterocycles. The Hall–Kier alpha value is -1.94. The maximum absolute atomic E-state index is 12.7. The molecule has 0 bridgehead atoms. The van der Waals surface area contributed by atoms with Crippen molar-refractivity contribution in [3.8, 4) is 0 Å². The fourth-order valence-electron chi connectivity index (χ4n) is 1.67.